The van der Waals surface area contributed by atoms with Crippen molar-refractivity contribution in [1.29, 1.82) is 0 Å². The molecule has 0 bridgehead atoms. The zero-order chi connectivity index (χ0) is 19.4. The zero-order valence-electron chi connectivity index (χ0n) is 16.1. The molecule has 2 heterocycles. The summed E-state index contributed by atoms with van der Waals surface area (Å²) in [5.41, 5.74) is 1.35. The zero-order valence-corrected chi connectivity index (χ0v) is 16.1. The van der Waals surface area contributed by atoms with Crippen molar-refractivity contribution in [3.63, 3.8) is 0 Å². The number of aromatic nitrogens is 4. The van der Waals surface area contributed by atoms with Gasteiger partial charge in [-0.2, -0.15) is 0 Å². The highest BCUT2D eigenvalue weighted by Crippen LogP contribution is 2.09. The Morgan fingerprint density at radius 2 is 1.79 bits per heavy atom. The van der Waals surface area contributed by atoms with Crippen LogP contribution in [0, 0.1) is 0 Å². The fourth-order valence-electron chi connectivity index (χ4n) is 2.96. The number of carbonyl (C=O) groups excluding carboxylic acids is 1. The van der Waals surface area contributed by atoms with Gasteiger partial charge in [0.15, 0.2) is 0 Å². The van der Waals surface area contributed by atoms with Gasteiger partial charge in [0.2, 0.25) is 17.7 Å². The summed E-state index contributed by atoms with van der Waals surface area (Å²) in [6.45, 7) is 1.49. The first kappa shape index (κ1) is 19.8. The van der Waals surface area contributed by atoms with Gasteiger partial charge in [0.25, 0.3) is 0 Å². The number of carbonyl (C=O) groups is 1. The molecule has 0 fully saturated rings. The minimum atomic E-state index is 0.00763. The highest BCUT2D eigenvalue weighted by atomic mass is 16.4. The van der Waals surface area contributed by atoms with Crippen LogP contribution >= 0.6 is 0 Å². The van der Waals surface area contributed by atoms with Crippen LogP contribution in [0.15, 0.2) is 53.5 Å². The second-order valence-corrected chi connectivity index (χ2v) is 6.79. The van der Waals surface area contributed by atoms with Crippen molar-refractivity contribution in [2.75, 3.05) is 6.54 Å². The topological polar surface area (TPSA) is 85.8 Å². The Bertz CT molecular complexity index is 814. The molecule has 0 aliphatic carbocycles. The van der Waals surface area contributed by atoms with Crippen LogP contribution in [0.3, 0.4) is 0 Å². The number of hydrogen-bond donors (Lipinski definition) is 1. The van der Waals surface area contributed by atoms with Gasteiger partial charge in [-0.15, -0.1) is 10.2 Å². The van der Waals surface area contributed by atoms with Crippen LogP contribution in [0.5, 0.6) is 0 Å². The maximum Gasteiger partial charge on any atom is 0.220 e. The summed E-state index contributed by atoms with van der Waals surface area (Å²) in [6.07, 6.45) is 11.1. The molecule has 2 aromatic heterocycles. The molecule has 0 atom stereocenters. The molecule has 3 rings (SSSR count). The fourth-order valence-corrected chi connectivity index (χ4v) is 2.96. The predicted octanol–water partition coefficient (Wildman–Crippen LogP) is 2.97. The van der Waals surface area contributed by atoms with Crippen LogP contribution < -0.4 is 5.32 Å². The number of benzene rings is 1. The molecule has 7 nitrogen and oxygen atoms in total. The van der Waals surface area contributed by atoms with Gasteiger partial charge in [0, 0.05) is 44.7 Å². The van der Waals surface area contributed by atoms with Gasteiger partial charge in [0.05, 0.1) is 6.33 Å². The molecule has 28 heavy (non-hydrogen) atoms. The van der Waals surface area contributed by atoms with Crippen molar-refractivity contribution in [1.82, 2.24) is 25.1 Å². The number of nitrogens with one attached hydrogen (secondary N) is 1. The minimum Gasteiger partial charge on any atom is -0.425 e. The van der Waals surface area contributed by atoms with Crippen LogP contribution in [0.1, 0.15) is 43.0 Å². The SMILES string of the molecule is O=C(CCc1nnc(CCCCc2ccccc2)o1)NCCCn1ccnc1. The van der Waals surface area contributed by atoms with Crippen LogP contribution in [0.4, 0.5) is 0 Å². The van der Waals surface area contributed by atoms with Gasteiger partial charge >= 0.3 is 0 Å². The van der Waals surface area contributed by atoms with E-state index in [0.717, 1.165) is 38.6 Å². The molecular weight excluding hydrogens is 354 g/mol. The summed E-state index contributed by atoms with van der Waals surface area (Å²) < 4.78 is 7.64. The third-order valence-corrected chi connectivity index (χ3v) is 4.50. The third kappa shape index (κ3) is 6.98. The summed E-state index contributed by atoms with van der Waals surface area (Å²) in [4.78, 5) is 15.9. The van der Waals surface area contributed by atoms with Gasteiger partial charge in [-0.1, -0.05) is 30.3 Å². The second-order valence-electron chi connectivity index (χ2n) is 6.79. The van der Waals surface area contributed by atoms with Gasteiger partial charge < -0.3 is 14.3 Å². The van der Waals surface area contributed by atoms with E-state index < -0.39 is 0 Å². The molecule has 0 saturated heterocycles. The van der Waals surface area contributed by atoms with Gasteiger partial charge in [0.1, 0.15) is 0 Å². The van der Waals surface area contributed by atoms with E-state index in [1.807, 2.05) is 16.8 Å². The van der Waals surface area contributed by atoms with Crippen LogP contribution in [0.2, 0.25) is 0 Å². The van der Waals surface area contributed by atoms with E-state index >= 15 is 0 Å². The molecule has 1 N–H and O–H groups in total. The summed E-state index contributed by atoms with van der Waals surface area (Å²) in [6, 6.07) is 10.5. The molecule has 0 radical (unpaired) electrons. The van der Waals surface area contributed by atoms with Gasteiger partial charge in [-0.05, 0) is 31.2 Å². The van der Waals surface area contributed by atoms with E-state index in [1.165, 1.54) is 5.56 Å². The number of nitrogens with zero attached hydrogens (tertiary/aromatic N) is 4. The lowest BCUT2D eigenvalue weighted by Gasteiger charge is -2.04. The molecule has 0 aliphatic rings. The number of imidazole rings is 1. The van der Waals surface area contributed by atoms with Crippen LogP contribution in [-0.4, -0.2) is 32.2 Å². The fraction of sp³-hybridized carbons (Fsp3) is 0.429. The summed E-state index contributed by atoms with van der Waals surface area (Å²) >= 11 is 0. The summed E-state index contributed by atoms with van der Waals surface area (Å²) in [5.74, 6) is 1.20. The van der Waals surface area contributed by atoms with E-state index in [2.05, 4.69) is 44.8 Å². The van der Waals surface area contributed by atoms with E-state index in [4.69, 9.17) is 4.42 Å². The first-order valence-corrected chi connectivity index (χ1v) is 9.87. The highest BCUT2D eigenvalue weighted by Gasteiger charge is 2.09. The molecule has 1 amide bonds. The van der Waals surface area contributed by atoms with Crippen molar-refractivity contribution in [3.8, 4) is 0 Å². The highest BCUT2D eigenvalue weighted by molar-refractivity contribution is 5.75. The first-order chi connectivity index (χ1) is 13.8. The standard InChI is InChI=1S/C21H27N5O2/c27-19(23-13-6-15-26-16-14-22-17-26)11-12-21-25-24-20(28-21)10-5-4-9-18-7-2-1-3-8-18/h1-3,7-8,14,16-17H,4-6,9-13,15H2,(H,23,27). The number of rotatable bonds is 12. The van der Waals surface area contributed by atoms with E-state index in [9.17, 15) is 4.79 Å². The first-order valence-electron chi connectivity index (χ1n) is 9.87. The normalized spacial score (nSPS) is 10.9. The third-order valence-electron chi connectivity index (χ3n) is 4.50. The average molecular weight is 381 g/mol. The molecular formula is C21H27N5O2. The number of aryl methyl sites for hydroxylation is 4. The van der Waals surface area contributed by atoms with Crippen molar-refractivity contribution in [2.45, 2.75) is 51.5 Å². The minimum absolute atomic E-state index is 0.00763. The lowest BCUT2D eigenvalue weighted by molar-refractivity contribution is -0.121. The quantitative estimate of drug-likeness (QED) is 0.488. The molecule has 0 saturated carbocycles. The lowest BCUT2D eigenvalue weighted by Crippen LogP contribution is -2.25. The number of unbranched alkanes of at least 4 members (excludes halogenated alkanes) is 1. The smallest absolute Gasteiger partial charge is 0.220 e. The molecule has 3 aromatic rings. The summed E-state index contributed by atoms with van der Waals surface area (Å²) in [7, 11) is 0. The van der Waals surface area contributed by atoms with E-state index in [0.29, 0.717) is 31.2 Å². The monoisotopic (exact) mass is 381 g/mol. The maximum atomic E-state index is 11.9. The largest absolute Gasteiger partial charge is 0.425 e. The van der Waals surface area contributed by atoms with Crippen molar-refractivity contribution < 1.29 is 9.21 Å². The van der Waals surface area contributed by atoms with Crippen molar-refractivity contribution in [3.05, 3.63) is 66.4 Å². The Morgan fingerprint density at radius 1 is 1.00 bits per heavy atom. The van der Waals surface area contributed by atoms with Gasteiger partial charge in [-0.25, -0.2) is 4.98 Å². The Morgan fingerprint density at radius 3 is 2.57 bits per heavy atom. The Balaban J connectivity index is 1.26. The molecule has 7 heteroatoms. The predicted molar refractivity (Wildman–Crippen MR) is 106 cm³/mol. The van der Waals surface area contributed by atoms with Gasteiger partial charge in [-0.3, -0.25) is 4.79 Å². The second kappa shape index (κ2) is 11.0. The molecule has 0 unspecified atom stereocenters. The van der Waals surface area contributed by atoms with Crippen molar-refractivity contribution >= 4 is 5.91 Å². The number of amides is 1. The average Bonchev–Trinajstić information content (AvgIpc) is 3.40. The summed E-state index contributed by atoms with van der Waals surface area (Å²) in [5, 5.41) is 11.1. The Kier molecular flexibility index (Phi) is 7.78. The Hall–Kier alpha value is -2.96. The van der Waals surface area contributed by atoms with Crippen LogP contribution in [-0.2, 0) is 30.6 Å². The molecule has 1 aromatic carbocycles. The number of hydrogen-bond acceptors (Lipinski definition) is 5. The van der Waals surface area contributed by atoms with Crippen molar-refractivity contribution in [2.24, 2.45) is 0 Å². The van der Waals surface area contributed by atoms with E-state index in [1.54, 1.807) is 12.5 Å². The lowest BCUT2D eigenvalue weighted by atomic mass is 10.1. The van der Waals surface area contributed by atoms with E-state index in [-0.39, 0.29) is 5.91 Å². The molecule has 0 aliphatic heterocycles. The molecule has 0 spiro atoms. The maximum absolute atomic E-state index is 11.9. The Labute approximate surface area is 165 Å². The van der Waals surface area contributed by atoms with Crippen LogP contribution in [0.25, 0.3) is 0 Å². The molecule has 148 valence electrons.